The summed E-state index contributed by atoms with van der Waals surface area (Å²) in [5, 5.41) is 0. The van der Waals surface area contributed by atoms with Gasteiger partial charge in [-0.2, -0.15) is 0 Å². The van der Waals surface area contributed by atoms with Crippen LogP contribution in [-0.2, 0) is 0 Å². The Morgan fingerprint density at radius 2 is 1.93 bits per heavy atom. The minimum absolute atomic E-state index is 0.0217. The Morgan fingerprint density at radius 3 is 2.53 bits per heavy atom. The number of hydrogen-bond acceptors (Lipinski definition) is 2. The van der Waals surface area contributed by atoms with E-state index >= 15 is 0 Å². The summed E-state index contributed by atoms with van der Waals surface area (Å²) in [7, 11) is 0. The predicted octanol–water partition coefficient (Wildman–Crippen LogP) is 2.61. The number of benzene rings is 1. The van der Waals surface area contributed by atoms with E-state index in [4.69, 9.17) is 5.73 Å². The second-order valence-electron chi connectivity index (χ2n) is 4.98. The van der Waals surface area contributed by atoms with Gasteiger partial charge in [0, 0.05) is 0 Å². The molecule has 2 rings (SSSR count). The summed E-state index contributed by atoms with van der Waals surface area (Å²) in [6, 6.07) is 7.92. The number of para-hydroxylation sites is 2. The largest absolute Gasteiger partial charge is 0.341 e. The monoisotopic (exact) mass is 203 g/mol. The molecule has 0 aliphatic carbocycles. The Balaban J connectivity index is 2.45. The molecular formula is C12H17N3. The van der Waals surface area contributed by atoms with Crippen molar-refractivity contribution < 1.29 is 0 Å². The highest BCUT2D eigenvalue weighted by Crippen LogP contribution is 2.29. The van der Waals surface area contributed by atoms with Crippen LogP contribution in [0.2, 0.25) is 0 Å². The van der Waals surface area contributed by atoms with Crippen LogP contribution >= 0.6 is 0 Å². The third-order valence-electron chi connectivity index (χ3n) is 2.64. The SMILES string of the molecule is CC(C)(C)[C@H](N)c1nc2ccccc2[nH]1. The first-order valence-electron chi connectivity index (χ1n) is 5.19. The maximum atomic E-state index is 6.14. The lowest BCUT2D eigenvalue weighted by molar-refractivity contribution is 0.317. The van der Waals surface area contributed by atoms with Gasteiger partial charge in [-0.05, 0) is 17.5 Å². The van der Waals surface area contributed by atoms with E-state index in [0.29, 0.717) is 0 Å². The van der Waals surface area contributed by atoms with E-state index < -0.39 is 0 Å². The number of nitrogens with one attached hydrogen (secondary N) is 1. The van der Waals surface area contributed by atoms with Crippen LogP contribution in [0.1, 0.15) is 32.6 Å². The average Bonchev–Trinajstić information content (AvgIpc) is 2.58. The number of aromatic nitrogens is 2. The lowest BCUT2D eigenvalue weighted by atomic mass is 9.87. The fourth-order valence-electron chi connectivity index (χ4n) is 1.53. The standard InChI is InChI=1S/C12H17N3/c1-12(2,3)10(13)11-14-8-6-4-5-7-9(8)15-11/h4-7,10H,13H2,1-3H3,(H,14,15)/t10-/m1/s1. The van der Waals surface area contributed by atoms with Crippen LogP contribution in [0.25, 0.3) is 11.0 Å². The highest BCUT2D eigenvalue weighted by molar-refractivity contribution is 5.74. The summed E-state index contributed by atoms with van der Waals surface area (Å²) < 4.78 is 0. The minimum Gasteiger partial charge on any atom is -0.341 e. The second-order valence-corrected chi connectivity index (χ2v) is 4.98. The molecule has 1 aromatic carbocycles. The first kappa shape index (κ1) is 10.2. The Hall–Kier alpha value is -1.35. The van der Waals surface area contributed by atoms with Crippen molar-refractivity contribution in [1.82, 2.24) is 9.97 Å². The van der Waals surface area contributed by atoms with Crippen molar-refractivity contribution in [2.24, 2.45) is 11.1 Å². The van der Waals surface area contributed by atoms with Gasteiger partial charge < -0.3 is 10.7 Å². The molecule has 0 amide bonds. The Bertz CT molecular complexity index is 432. The quantitative estimate of drug-likeness (QED) is 0.748. The molecule has 0 saturated carbocycles. The van der Waals surface area contributed by atoms with Gasteiger partial charge in [0.05, 0.1) is 17.1 Å². The first-order chi connectivity index (χ1) is 6.98. The Labute approximate surface area is 89.7 Å². The van der Waals surface area contributed by atoms with Gasteiger partial charge in [-0.15, -0.1) is 0 Å². The van der Waals surface area contributed by atoms with E-state index in [1.807, 2.05) is 24.3 Å². The zero-order chi connectivity index (χ0) is 11.1. The molecule has 15 heavy (non-hydrogen) atoms. The summed E-state index contributed by atoms with van der Waals surface area (Å²) in [6.45, 7) is 6.35. The predicted molar refractivity (Wildman–Crippen MR) is 62.5 cm³/mol. The first-order valence-corrected chi connectivity index (χ1v) is 5.19. The van der Waals surface area contributed by atoms with Gasteiger partial charge in [0.25, 0.3) is 0 Å². The second kappa shape index (κ2) is 3.35. The molecule has 1 aromatic heterocycles. The molecule has 0 aliphatic rings. The maximum Gasteiger partial charge on any atom is 0.124 e. The van der Waals surface area contributed by atoms with Crippen molar-refractivity contribution in [3.05, 3.63) is 30.1 Å². The number of hydrogen-bond donors (Lipinski definition) is 2. The van der Waals surface area contributed by atoms with Gasteiger partial charge in [0.15, 0.2) is 0 Å². The van der Waals surface area contributed by atoms with Crippen molar-refractivity contribution in [1.29, 1.82) is 0 Å². The third kappa shape index (κ3) is 1.88. The van der Waals surface area contributed by atoms with Gasteiger partial charge in [-0.1, -0.05) is 32.9 Å². The fraction of sp³-hybridized carbons (Fsp3) is 0.417. The molecular weight excluding hydrogens is 186 g/mol. The van der Waals surface area contributed by atoms with E-state index in [1.54, 1.807) is 0 Å². The summed E-state index contributed by atoms with van der Waals surface area (Å²) in [5.74, 6) is 0.865. The molecule has 2 aromatic rings. The van der Waals surface area contributed by atoms with Crippen LogP contribution in [0, 0.1) is 5.41 Å². The summed E-state index contributed by atoms with van der Waals surface area (Å²) in [4.78, 5) is 7.76. The van der Waals surface area contributed by atoms with E-state index in [2.05, 4.69) is 30.7 Å². The lowest BCUT2D eigenvalue weighted by Crippen LogP contribution is -2.27. The molecule has 3 nitrogen and oxygen atoms in total. The average molecular weight is 203 g/mol. The van der Waals surface area contributed by atoms with Crippen molar-refractivity contribution in [2.45, 2.75) is 26.8 Å². The molecule has 0 aliphatic heterocycles. The van der Waals surface area contributed by atoms with Crippen LogP contribution in [0.15, 0.2) is 24.3 Å². The topological polar surface area (TPSA) is 54.7 Å². The normalized spacial score (nSPS) is 14.4. The molecule has 0 radical (unpaired) electrons. The highest BCUT2D eigenvalue weighted by atomic mass is 15.0. The Morgan fingerprint density at radius 1 is 1.27 bits per heavy atom. The van der Waals surface area contributed by atoms with Crippen LogP contribution in [0.4, 0.5) is 0 Å². The van der Waals surface area contributed by atoms with Crippen LogP contribution in [0.5, 0.6) is 0 Å². The van der Waals surface area contributed by atoms with E-state index in [1.165, 1.54) is 0 Å². The summed E-state index contributed by atoms with van der Waals surface area (Å²) in [5.41, 5.74) is 8.19. The van der Waals surface area contributed by atoms with Gasteiger partial charge in [0.2, 0.25) is 0 Å². The number of imidazole rings is 1. The number of rotatable bonds is 1. The molecule has 0 saturated heterocycles. The number of aromatic amines is 1. The number of nitrogens with zero attached hydrogens (tertiary/aromatic N) is 1. The minimum atomic E-state index is -0.0649. The molecule has 1 atom stereocenters. The van der Waals surface area contributed by atoms with Crippen LogP contribution in [-0.4, -0.2) is 9.97 Å². The van der Waals surface area contributed by atoms with Gasteiger partial charge in [-0.3, -0.25) is 0 Å². The van der Waals surface area contributed by atoms with Crippen molar-refractivity contribution in [3.8, 4) is 0 Å². The summed E-state index contributed by atoms with van der Waals surface area (Å²) in [6.07, 6.45) is 0. The number of H-pyrrole nitrogens is 1. The zero-order valence-corrected chi connectivity index (χ0v) is 9.41. The zero-order valence-electron chi connectivity index (χ0n) is 9.41. The molecule has 0 spiro atoms. The van der Waals surface area contributed by atoms with Crippen LogP contribution in [0.3, 0.4) is 0 Å². The van der Waals surface area contributed by atoms with Crippen molar-refractivity contribution in [3.63, 3.8) is 0 Å². The molecule has 3 N–H and O–H groups in total. The number of fused-ring (bicyclic) bond motifs is 1. The summed E-state index contributed by atoms with van der Waals surface area (Å²) >= 11 is 0. The molecule has 80 valence electrons. The van der Waals surface area contributed by atoms with Gasteiger partial charge in [0.1, 0.15) is 5.82 Å². The molecule has 1 heterocycles. The van der Waals surface area contributed by atoms with Crippen molar-refractivity contribution in [2.75, 3.05) is 0 Å². The Kier molecular flexibility index (Phi) is 2.27. The van der Waals surface area contributed by atoms with Gasteiger partial charge >= 0.3 is 0 Å². The van der Waals surface area contributed by atoms with Gasteiger partial charge in [-0.25, -0.2) is 4.98 Å². The third-order valence-corrected chi connectivity index (χ3v) is 2.64. The van der Waals surface area contributed by atoms with E-state index in [0.717, 1.165) is 16.9 Å². The maximum absolute atomic E-state index is 6.14. The molecule has 0 bridgehead atoms. The highest BCUT2D eigenvalue weighted by Gasteiger charge is 2.24. The fourth-order valence-corrected chi connectivity index (χ4v) is 1.53. The van der Waals surface area contributed by atoms with Crippen LogP contribution < -0.4 is 5.73 Å². The molecule has 0 unspecified atom stereocenters. The molecule has 3 heteroatoms. The number of nitrogens with two attached hydrogens (primary N) is 1. The smallest absolute Gasteiger partial charge is 0.124 e. The van der Waals surface area contributed by atoms with E-state index in [9.17, 15) is 0 Å². The van der Waals surface area contributed by atoms with Crippen molar-refractivity contribution >= 4 is 11.0 Å². The molecule has 0 fully saturated rings. The van der Waals surface area contributed by atoms with E-state index in [-0.39, 0.29) is 11.5 Å². The lowest BCUT2D eigenvalue weighted by Gasteiger charge is -2.24.